The molecule has 1 saturated heterocycles. The van der Waals surface area contributed by atoms with Gasteiger partial charge in [0.15, 0.2) is 23.1 Å². The fourth-order valence-electron chi connectivity index (χ4n) is 5.46. The van der Waals surface area contributed by atoms with Gasteiger partial charge in [0.25, 0.3) is 11.8 Å². The number of nitrogens with zero attached hydrogens (tertiary/aromatic N) is 1. The number of carbonyl (C=O) groups is 4. The molecule has 0 aromatic heterocycles. The maximum atomic E-state index is 13.0. The average molecular weight is 500 g/mol. The number of imide groups is 1. The van der Waals surface area contributed by atoms with E-state index in [0.29, 0.717) is 11.1 Å². The summed E-state index contributed by atoms with van der Waals surface area (Å²) in [5.74, 6) is -4.62. The van der Waals surface area contributed by atoms with Crippen LogP contribution in [0.3, 0.4) is 0 Å². The van der Waals surface area contributed by atoms with Crippen molar-refractivity contribution in [1.82, 2.24) is 5.06 Å². The number of methoxy groups -OCH3 is 1. The Balaban J connectivity index is 1.71. The Hall–Kier alpha value is -3.04. The smallest absolute Gasteiger partial charge is 0.257 e. The molecule has 8 nitrogen and oxygen atoms in total. The predicted molar refractivity (Wildman–Crippen MR) is 113 cm³/mol. The van der Waals surface area contributed by atoms with Gasteiger partial charge in [0.05, 0.1) is 23.4 Å². The number of Topliss-reactive ketones (excluding diaryl/α,β-unsaturated/α-hetero) is 1. The highest BCUT2D eigenvalue weighted by atomic mass is 79.9. The summed E-state index contributed by atoms with van der Waals surface area (Å²) in [5.41, 5.74) is 1.89. The molecule has 1 aromatic rings. The van der Waals surface area contributed by atoms with Gasteiger partial charge in [0.1, 0.15) is 0 Å². The van der Waals surface area contributed by atoms with Gasteiger partial charge in [0.2, 0.25) is 0 Å². The van der Waals surface area contributed by atoms with Crippen molar-refractivity contribution in [2.75, 3.05) is 7.11 Å². The molecule has 1 heterocycles. The minimum absolute atomic E-state index is 0.112. The number of fused-ring (bicyclic) bond motifs is 3. The standard InChI is InChI=1S/C23H18BrNO7/c1-32-17-5-2-9(6-15(17)26)18-10-3-4-11-19(23(30)25(31)22(11)29)12(10)7-13-20(18)16(27)8-14(24)21(13)28/h2-3,5-6,8,11-12,18-19,26,31H,4,7H2,1H3. The number of halogens is 1. The zero-order valence-corrected chi connectivity index (χ0v) is 18.5. The molecule has 3 aliphatic carbocycles. The molecule has 5 rings (SSSR count). The van der Waals surface area contributed by atoms with E-state index in [-0.39, 0.29) is 51.0 Å². The van der Waals surface area contributed by atoms with Gasteiger partial charge >= 0.3 is 0 Å². The SMILES string of the molecule is COc1ccc(C2C3=CCC4C(=O)N(O)C(=O)C4C3CC3=C2C(=O)C=C(Br)C3=O)cc1O. The van der Waals surface area contributed by atoms with E-state index >= 15 is 0 Å². The van der Waals surface area contributed by atoms with Crippen molar-refractivity contribution in [3.8, 4) is 11.5 Å². The molecule has 1 aliphatic heterocycles. The first-order chi connectivity index (χ1) is 15.2. The van der Waals surface area contributed by atoms with Crippen molar-refractivity contribution in [2.45, 2.75) is 18.8 Å². The third-order valence-corrected chi connectivity index (χ3v) is 7.43. The molecule has 1 aromatic carbocycles. The molecule has 0 saturated carbocycles. The molecular formula is C23H18BrNO7. The van der Waals surface area contributed by atoms with Gasteiger partial charge < -0.3 is 9.84 Å². The lowest BCUT2D eigenvalue weighted by Crippen LogP contribution is -2.39. The highest BCUT2D eigenvalue weighted by Gasteiger charge is 2.56. The Morgan fingerprint density at radius 1 is 1.12 bits per heavy atom. The summed E-state index contributed by atoms with van der Waals surface area (Å²) in [4.78, 5) is 51.2. The van der Waals surface area contributed by atoms with Gasteiger partial charge in [-0.15, -0.1) is 0 Å². The van der Waals surface area contributed by atoms with Gasteiger partial charge in [-0.25, -0.2) is 0 Å². The Morgan fingerprint density at radius 2 is 1.88 bits per heavy atom. The number of amides is 2. The van der Waals surface area contributed by atoms with Crippen LogP contribution < -0.4 is 4.74 Å². The second-order valence-electron chi connectivity index (χ2n) is 8.31. The van der Waals surface area contributed by atoms with E-state index in [4.69, 9.17) is 4.74 Å². The average Bonchev–Trinajstić information content (AvgIpc) is 3.00. The number of rotatable bonds is 2. The summed E-state index contributed by atoms with van der Waals surface area (Å²) in [6.07, 6.45) is 3.42. The topological polar surface area (TPSA) is 121 Å². The maximum Gasteiger partial charge on any atom is 0.257 e. The summed E-state index contributed by atoms with van der Waals surface area (Å²) < 4.78 is 5.25. The number of allylic oxidation sites excluding steroid dienone is 6. The number of hydroxylamine groups is 2. The first kappa shape index (κ1) is 20.8. The normalized spacial score (nSPS) is 29.4. The largest absolute Gasteiger partial charge is 0.504 e. The van der Waals surface area contributed by atoms with E-state index < -0.39 is 35.5 Å². The lowest BCUT2D eigenvalue weighted by molar-refractivity contribution is -0.173. The highest BCUT2D eigenvalue weighted by molar-refractivity contribution is 9.12. The molecule has 4 atom stereocenters. The molecule has 1 fully saturated rings. The monoisotopic (exact) mass is 499 g/mol. The lowest BCUT2D eigenvalue weighted by Gasteiger charge is -2.42. The molecule has 2 amide bonds. The molecule has 0 radical (unpaired) electrons. The molecule has 2 N–H and O–H groups in total. The van der Waals surface area contributed by atoms with Crippen molar-refractivity contribution >= 4 is 39.3 Å². The van der Waals surface area contributed by atoms with Gasteiger partial charge in [-0.2, -0.15) is 5.06 Å². The van der Waals surface area contributed by atoms with E-state index in [9.17, 15) is 29.5 Å². The Morgan fingerprint density at radius 3 is 2.56 bits per heavy atom. The van der Waals surface area contributed by atoms with E-state index in [1.807, 2.05) is 6.08 Å². The van der Waals surface area contributed by atoms with Crippen molar-refractivity contribution in [3.05, 3.63) is 57.1 Å². The van der Waals surface area contributed by atoms with Crippen LogP contribution in [0.25, 0.3) is 0 Å². The van der Waals surface area contributed by atoms with Crippen LogP contribution in [0.4, 0.5) is 0 Å². The number of ketones is 2. The first-order valence-corrected chi connectivity index (χ1v) is 10.9. The molecule has 4 aliphatic rings. The van der Waals surface area contributed by atoms with E-state index in [0.717, 1.165) is 5.57 Å². The number of ether oxygens (including phenoxy) is 1. The summed E-state index contributed by atoms with van der Waals surface area (Å²) in [6.45, 7) is 0. The number of phenolic OH excluding ortho intramolecular Hbond substituents is 1. The second-order valence-corrected chi connectivity index (χ2v) is 9.17. The van der Waals surface area contributed by atoms with Crippen LogP contribution in [-0.2, 0) is 19.2 Å². The minimum Gasteiger partial charge on any atom is -0.504 e. The number of carbonyl (C=O) groups excluding carboxylic acids is 4. The predicted octanol–water partition coefficient (Wildman–Crippen LogP) is 2.55. The van der Waals surface area contributed by atoms with Crippen LogP contribution in [0.15, 0.2) is 51.6 Å². The van der Waals surface area contributed by atoms with E-state index in [1.165, 1.54) is 19.3 Å². The van der Waals surface area contributed by atoms with Crippen LogP contribution in [0.5, 0.6) is 11.5 Å². The summed E-state index contributed by atoms with van der Waals surface area (Å²) in [5, 5.41) is 20.5. The zero-order chi connectivity index (χ0) is 22.9. The van der Waals surface area contributed by atoms with Crippen LogP contribution in [0.2, 0.25) is 0 Å². The van der Waals surface area contributed by atoms with Crippen LogP contribution in [0.1, 0.15) is 24.3 Å². The number of benzene rings is 1. The summed E-state index contributed by atoms with van der Waals surface area (Å²) in [6, 6.07) is 4.75. The van der Waals surface area contributed by atoms with Gasteiger partial charge in [0, 0.05) is 23.1 Å². The fourth-order valence-corrected chi connectivity index (χ4v) is 5.90. The number of aromatic hydroxyl groups is 1. The van der Waals surface area contributed by atoms with Crippen molar-refractivity contribution in [1.29, 1.82) is 0 Å². The van der Waals surface area contributed by atoms with Gasteiger partial charge in [-0.3, -0.25) is 24.4 Å². The fraction of sp³-hybridized carbons (Fsp3) is 0.304. The molecule has 9 heteroatoms. The third kappa shape index (κ3) is 2.77. The van der Waals surface area contributed by atoms with Crippen molar-refractivity contribution in [2.24, 2.45) is 17.8 Å². The highest BCUT2D eigenvalue weighted by Crippen LogP contribution is 2.55. The zero-order valence-electron chi connectivity index (χ0n) is 16.9. The molecule has 164 valence electrons. The van der Waals surface area contributed by atoms with Crippen molar-refractivity contribution in [3.63, 3.8) is 0 Å². The lowest BCUT2D eigenvalue weighted by atomic mass is 9.59. The molecule has 4 unspecified atom stereocenters. The molecule has 0 bridgehead atoms. The Labute approximate surface area is 190 Å². The molecular weight excluding hydrogens is 482 g/mol. The van der Waals surface area contributed by atoms with Gasteiger partial charge in [-0.05, 0) is 52.4 Å². The van der Waals surface area contributed by atoms with Gasteiger partial charge in [-0.1, -0.05) is 17.7 Å². The maximum absolute atomic E-state index is 13.0. The van der Waals surface area contributed by atoms with Crippen LogP contribution >= 0.6 is 15.9 Å². The second kappa shape index (κ2) is 7.25. The Kier molecular flexibility index (Phi) is 4.72. The first-order valence-electron chi connectivity index (χ1n) is 10.1. The number of hydrogen-bond donors (Lipinski definition) is 2. The number of hydrogen-bond acceptors (Lipinski definition) is 7. The van der Waals surface area contributed by atoms with Crippen LogP contribution in [0, 0.1) is 17.8 Å². The minimum atomic E-state index is -0.816. The third-order valence-electron chi connectivity index (χ3n) is 6.84. The van der Waals surface area contributed by atoms with E-state index in [1.54, 1.807) is 12.1 Å². The quantitative estimate of drug-likeness (QED) is 0.277. The number of phenols is 1. The van der Waals surface area contributed by atoms with E-state index in [2.05, 4.69) is 15.9 Å². The summed E-state index contributed by atoms with van der Waals surface area (Å²) >= 11 is 3.15. The Bertz CT molecular complexity index is 1210. The summed E-state index contributed by atoms with van der Waals surface area (Å²) in [7, 11) is 1.42. The van der Waals surface area contributed by atoms with Crippen LogP contribution in [-0.4, -0.2) is 45.9 Å². The van der Waals surface area contributed by atoms with Crippen molar-refractivity contribution < 1.29 is 34.2 Å². The molecule has 0 spiro atoms. The molecule has 32 heavy (non-hydrogen) atoms.